The van der Waals surface area contributed by atoms with Crippen LogP contribution in [0.2, 0.25) is 0 Å². The number of benzene rings is 2. The average Bonchev–Trinajstić information content (AvgIpc) is 2.72. The summed E-state index contributed by atoms with van der Waals surface area (Å²) < 4.78 is 0.983. The number of fused-ring (bicyclic) bond motifs is 1. The molecule has 0 radical (unpaired) electrons. The lowest BCUT2D eigenvalue weighted by Gasteiger charge is -1.95. The first-order valence-electron chi connectivity index (χ1n) is 5.18. The van der Waals surface area contributed by atoms with Crippen molar-refractivity contribution in [2.24, 2.45) is 0 Å². The summed E-state index contributed by atoms with van der Waals surface area (Å²) in [6, 6.07) is 12.8. The molecular formula is C13H10N2OS. The largest absolute Gasteiger partial charge is 0.508 e. The van der Waals surface area contributed by atoms with Gasteiger partial charge in [0, 0.05) is 11.3 Å². The summed E-state index contributed by atoms with van der Waals surface area (Å²) in [6.07, 6.45) is 0. The molecule has 0 fully saturated rings. The number of hydrogen-bond donors (Lipinski definition) is 2. The summed E-state index contributed by atoms with van der Waals surface area (Å²) >= 11 is 1.56. The van der Waals surface area contributed by atoms with Gasteiger partial charge in [-0.1, -0.05) is 0 Å². The summed E-state index contributed by atoms with van der Waals surface area (Å²) in [7, 11) is 0. The van der Waals surface area contributed by atoms with Gasteiger partial charge in [-0.05, 0) is 42.5 Å². The van der Waals surface area contributed by atoms with Gasteiger partial charge in [-0.25, -0.2) is 4.98 Å². The molecule has 0 aliphatic carbocycles. The van der Waals surface area contributed by atoms with Crippen molar-refractivity contribution in [1.29, 1.82) is 0 Å². The van der Waals surface area contributed by atoms with Crippen LogP contribution in [-0.4, -0.2) is 10.1 Å². The van der Waals surface area contributed by atoms with E-state index in [0.717, 1.165) is 26.5 Å². The highest BCUT2D eigenvalue weighted by Gasteiger charge is 2.06. The summed E-state index contributed by atoms with van der Waals surface area (Å²) in [5.41, 5.74) is 8.34. The molecule has 0 unspecified atom stereocenters. The number of aromatic hydroxyl groups is 1. The number of rotatable bonds is 1. The van der Waals surface area contributed by atoms with E-state index in [1.807, 2.05) is 30.3 Å². The molecule has 3 aromatic rings. The van der Waals surface area contributed by atoms with E-state index in [0.29, 0.717) is 0 Å². The van der Waals surface area contributed by atoms with Crippen molar-refractivity contribution >= 4 is 27.2 Å². The fraction of sp³-hybridized carbons (Fsp3) is 0. The molecule has 0 aliphatic heterocycles. The Labute approximate surface area is 102 Å². The van der Waals surface area contributed by atoms with E-state index < -0.39 is 0 Å². The van der Waals surface area contributed by atoms with Crippen LogP contribution in [0.1, 0.15) is 0 Å². The quantitative estimate of drug-likeness (QED) is 0.644. The fourth-order valence-corrected chi connectivity index (χ4v) is 2.67. The maximum atomic E-state index is 9.41. The van der Waals surface area contributed by atoms with Crippen LogP contribution in [0.25, 0.3) is 20.8 Å². The van der Waals surface area contributed by atoms with Gasteiger partial charge in [0.15, 0.2) is 0 Å². The Kier molecular flexibility index (Phi) is 2.23. The first-order valence-corrected chi connectivity index (χ1v) is 5.99. The van der Waals surface area contributed by atoms with E-state index in [1.54, 1.807) is 23.5 Å². The Bertz CT molecular complexity index is 673. The molecule has 4 heteroatoms. The Morgan fingerprint density at radius 2 is 1.82 bits per heavy atom. The zero-order chi connectivity index (χ0) is 11.8. The monoisotopic (exact) mass is 242 g/mol. The lowest BCUT2D eigenvalue weighted by molar-refractivity contribution is 0.476. The maximum absolute atomic E-state index is 9.41. The Hall–Kier alpha value is -2.07. The highest BCUT2D eigenvalue weighted by Crippen LogP contribution is 2.32. The molecule has 84 valence electrons. The number of nitrogen functional groups attached to an aromatic ring is 1. The minimum absolute atomic E-state index is 0.269. The summed E-state index contributed by atoms with van der Waals surface area (Å²) in [5, 5.41) is 10.3. The zero-order valence-corrected chi connectivity index (χ0v) is 9.74. The van der Waals surface area contributed by atoms with Crippen LogP contribution in [0.3, 0.4) is 0 Å². The summed E-state index contributed by atoms with van der Waals surface area (Å²) in [4.78, 5) is 4.52. The summed E-state index contributed by atoms with van der Waals surface area (Å²) in [5.74, 6) is 0.269. The average molecular weight is 242 g/mol. The second-order valence-electron chi connectivity index (χ2n) is 3.79. The smallest absolute Gasteiger partial charge is 0.124 e. The molecule has 3 N–H and O–H groups in total. The van der Waals surface area contributed by atoms with Gasteiger partial charge in [-0.3, -0.25) is 0 Å². The van der Waals surface area contributed by atoms with Crippen LogP contribution in [0, 0.1) is 0 Å². The Balaban J connectivity index is 2.14. The summed E-state index contributed by atoms with van der Waals surface area (Å²) in [6.45, 7) is 0. The molecule has 2 aromatic carbocycles. The number of aromatic nitrogens is 1. The SMILES string of the molecule is Nc1ccc(-c2nc3ccc(O)cc3s2)cc1. The minimum Gasteiger partial charge on any atom is -0.508 e. The second-order valence-corrected chi connectivity index (χ2v) is 4.82. The Morgan fingerprint density at radius 3 is 2.59 bits per heavy atom. The van der Waals surface area contributed by atoms with Gasteiger partial charge < -0.3 is 10.8 Å². The highest BCUT2D eigenvalue weighted by molar-refractivity contribution is 7.21. The van der Waals surface area contributed by atoms with E-state index in [2.05, 4.69) is 4.98 Å². The number of nitrogens with two attached hydrogens (primary N) is 1. The molecule has 1 aromatic heterocycles. The number of anilines is 1. The van der Waals surface area contributed by atoms with Gasteiger partial charge in [0.2, 0.25) is 0 Å². The molecule has 0 saturated carbocycles. The van der Waals surface area contributed by atoms with Crippen molar-refractivity contribution in [2.45, 2.75) is 0 Å². The number of phenolic OH excluding ortho intramolecular Hbond substituents is 1. The van der Waals surface area contributed by atoms with Gasteiger partial charge >= 0.3 is 0 Å². The first-order chi connectivity index (χ1) is 8.22. The standard InChI is InChI=1S/C13H10N2OS/c14-9-3-1-8(2-4-9)13-15-11-6-5-10(16)7-12(11)17-13/h1-7,16H,14H2. The normalized spacial score (nSPS) is 10.8. The van der Waals surface area contributed by atoms with Gasteiger partial charge in [-0.2, -0.15) is 0 Å². The molecule has 3 rings (SSSR count). The van der Waals surface area contributed by atoms with Crippen LogP contribution in [0.5, 0.6) is 5.75 Å². The fourth-order valence-electron chi connectivity index (χ4n) is 1.66. The highest BCUT2D eigenvalue weighted by atomic mass is 32.1. The van der Waals surface area contributed by atoms with Crippen LogP contribution in [0.4, 0.5) is 5.69 Å². The number of hydrogen-bond acceptors (Lipinski definition) is 4. The molecule has 1 heterocycles. The molecular weight excluding hydrogens is 232 g/mol. The number of nitrogens with zero attached hydrogens (tertiary/aromatic N) is 1. The molecule has 0 amide bonds. The third-order valence-electron chi connectivity index (χ3n) is 2.53. The topological polar surface area (TPSA) is 59.1 Å². The van der Waals surface area contributed by atoms with Gasteiger partial charge in [-0.15, -0.1) is 11.3 Å². The predicted molar refractivity (Wildman–Crippen MR) is 71.1 cm³/mol. The van der Waals surface area contributed by atoms with Crippen LogP contribution >= 0.6 is 11.3 Å². The first kappa shape index (κ1) is 10.1. The van der Waals surface area contributed by atoms with Gasteiger partial charge in [0.05, 0.1) is 10.2 Å². The van der Waals surface area contributed by atoms with Crippen molar-refractivity contribution in [3.63, 3.8) is 0 Å². The van der Waals surface area contributed by atoms with Crippen molar-refractivity contribution in [3.8, 4) is 16.3 Å². The third-order valence-corrected chi connectivity index (χ3v) is 3.60. The Morgan fingerprint density at radius 1 is 1.06 bits per heavy atom. The molecule has 0 bridgehead atoms. The van der Waals surface area contributed by atoms with Crippen molar-refractivity contribution in [3.05, 3.63) is 42.5 Å². The number of phenols is 1. The van der Waals surface area contributed by atoms with Gasteiger partial charge in [0.25, 0.3) is 0 Å². The van der Waals surface area contributed by atoms with E-state index in [-0.39, 0.29) is 5.75 Å². The van der Waals surface area contributed by atoms with Crippen LogP contribution in [0.15, 0.2) is 42.5 Å². The molecule has 0 aliphatic rings. The molecule has 3 nitrogen and oxygen atoms in total. The van der Waals surface area contributed by atoms with Crippen LogP contribution in [-0.2, 0) is 0 Å². The molecule has 17 heavy (non-hydrogen) atoms. The van der Waals surface area contributed by atoms with E-state index >= 15 is 0 Å². The van der Waals surface area contributed by atoms with Crippen molar-refractivity contribution < 1.29 is 5.11 Å². The lowest BCUT2D eigenvalue weighted by Crippen LogP contribution is -1.83. The minimum atomic E-state index is 0.269. The lowest BCUT2D eigenvalue weighted by atomic mass is 10.2. The molecule has 0 saturated heterocycles. The predicted octanol–water partition coefficient (Wildman–Crippen LogP) is 3.25. The van der Waals surface area contributed by atoms with Gasteiger partial charge in [0.1, 0.15) is 10.8 Å². The van der Waals surface area contributed by atoms with Crippen molar-refractivity contribution in [1.82, 2.24) is 4.98 Å². The maximum Gasteiger partial charge on any atom is 0.124 e. The molecule has 0 spiro atoms. The van der Waals surface area contributed by atoms with E-state index in [9.17, 15) is 5.11 Å². The number of thiazole rings is 1. The van der Waals surface area contributed by atoms with Crippen LogP contribution < -0.4 is 5.73 Å². The molecule has 0 atom stereocenters. The van der Waals surface area contributed by atoms with E-state index in [1.165, 1.54) is 0 Å². The zero-order valence-electron chi connectivity index (χ0n) is 8.92. The van der Waals surface area contributed by atoms with Crippen molar-refractivity contribution in [2.75, 3.05) is 5.73 Å². The van der Waals surface area contributed by atoms with E-state index in [4.69, 9.17) is 5.73 Å². The second kappa shape index (κ2) is 3.75. The third kappa shape index (κ3) is 1.83.